The predicted octanol–water partition coefficient (Wildman–Crippen LogP) is -0.266. The zero-order chi connectivity index (χ0) is 17.2. The third-order valence-electron chi connectivity index (χ3n) is 3.74. The molecule has 0 aromatic heterocycles. The van der Waals surface area contributed by atoms with Crippen LogP contribution in [0, 0.1) is 5.92 Å². The highest BCUT2D eigenvalue weighted by Gasteiger charge is 2.35. The number of nitrogens with one attached hydrogen (secondary N) is 1. The van der Waals surface area contributed by atoms with Gasteiger partial charge in [0.25, 0.3) is 5.91 Å². The predicted molar refractivity (Wildman–Crippen MR) is 82.8 cm³/mol. The molecule has 0 saturated carbocycles. The molecule has 1 aliphatic rings. The first-order valence-electron chi connectivity index (χ1n) is 7.02. The van der Waals surface area contributed by atoms with Gasteiger partial charge in [0.15, 0.2) is 0 Å². The van der Waals surface area contributed by atoms with E-state index in [0.29, 0.717) is 0 Å². The molecule has 23 heavy (non-hydrogen) atoms. The van der Waals surface area contributed by atoms with Crippen molar-refractivity contribution in [3.63, 3.8) is 0 Å². The first kappa shape index (κ1) is 17.5. The Balaban J connectivity index is 2.11. The van der Waals surface area contributed by atoms with Gasteiger partial charge >= 0.3 is 0 Å². The number of phenolic OH excluding ortho intramolecular Hbond substituents is 2. The largest absolute Gasteiger partial charge is 0.507 e. The van der Waals surface area contributed by atoms with Gasteiger partial charge in [0, 0.05) is 20.0 Å². The van der Waals surface area contributed by atoms with Crippen LogP contribution in [0.4, 0.5) is 0 Å². The number of aromatic hydroxyl groups is 2. The molecule has 1 aliphatic heterocycles. The fourth-order valence-electron chi connectivity index (χ4n) is 2.34. The summed E-state index contributed by atoms with van der Waals surface area (Å²) in [5, 5.41) is 22.0. The van der Waals surface area contributed by atoms with E-state index in [0.717, 1.165) is 4.31 Å². The summed E-state index contributed by atoms with van der Waals surface area (Å²) in [4.78, 5) is 12.2. The van der Waals surface area contributed by atoms with Gasteiger partial charge in [-0.3, -0.25) is 4.79 Å². The molecular weight excluding hydrogens is 324 g/mol. The number of phenols is 2. The molecule has 3 N–H and O–H groups in total. The summed E-state index contributed by atoms with van der Waals surface area (Å²) in [7, 11) is -0.542. The lowest BCUT2D eigenvalue weighted by atomic mass is 10.1. The van der Waals surface area contributed by atoms with E-state index < -0.39 is 27.9 Å². The highest BCUT2D eigenvalue weighted by atomic mass is 32.2. The smallest absolute Gasteiger partial charge is 0.259 e. The van der Waals surface area contributed by atoms with Gasteiger partial charge in [-0.15, -0.1) is 0 Å². The minimum Gasteiger partial charge on any atom is -0.507 e. The number of carbonyl (C=O) groups is 1. The van der Waals surface area contributed by atoms with Gasteiger partial charge < -0.3 is 20.3 Å². The van der Waals surface area contributed by atoms with Crippen LogP contribution in [0.2, 0.25) is 0 Å². The van der Waals surface area contributed by atoms with Crippen molar-refractivity contribution in [2.75, 3.05) is 33.1 Å². The van der Waals surface area contributed by atoms with Crippen LogP contribution >= 0.6 is 0 Å². The third-order valence-corrected chi connectivity index (χ3v) is 5.71. The van der Waals surface area contributed by atoms with Crippen LogP contribution in [-0.2, 0) is 14.8 Å². The number of ether oxygens (including phenoxy) is 1. The van der Waals surface area contributed by atoms with Crippen molar-refractivity contribution in [2.45, 2.75) is 6.04 Å². The molecule has 0 unspecified atom stereocenters. The Morgan fingerprint density at radius 1 is 1.30 bits per heavy atom. The summed E-state index contributed by atoms with van der Waals surface area (Å²) >= 11 is 0. The maximum absolute atomic E-state index is 12.2. The number of amides is 1. The van der Waals surface area contributed by atoms with Gasteiger partial charge in [-0.25, -0.2) is 12.7 Å². The second-order valence-corrected chi connectivity index (χ2v) is 7.84. The monoisotopic (exact) mass is 344 g/mol. The average molecular weight is 344 g/mol. The Morgan fingerprint density at radius 3 is 2.48 bits per heavy atom. The van der Waals surface area contributed by atoms with Crippen molar-refractivity contribution in [1.82, 2.24) is 9.62 Å². The quantitative estimate of drug-likeness (QED) is 0.677. The Bertz CT molecular complexity index is 668. The van der Waals surface area contributed by atoms with Crippen LogP contribution in [0.5, 0.6) is 11.5 Å². The molecule has 1 aromatic rings. The van der Waals surface area contributed by atoms with Crippen molar-refractivity contribution in [2.24, 2.45) is 5.92 Å². The zero-order valence-corrected chi connectivity index (χ0v) is 13.7. The maximum atomic E-state index is 12.2. The van der Waals surface area contributed by atoms with E-state index in [1.54, 1.807) is 0 Å². The van der Waals surface area contributed by atoms with Gasteiger partial charge in [-0.1, -0.05) is 6.07 Å². The SMILES string of the molecule is CN(C)S(=O)(=O)C[C@@H]1COC[C@@H]1NC(=O)c1c(O)cccc1O. The highest BCUT2D eigenvalue weighted by Crippen LogP contribution is 2.27. The van der Waals surface area contributed by atoms with Gasteiger partial charge in [0.05, 0.1) is 25.0 Å². The second-order valence-electron chi connectivity index (χ2n) is 5.61. The first-order valence-corrected chi connectivity index (χ1v) is 8.63. The molecule has 0 aliphatic carbocycles. The van der Waals surface area contributed by atoms with Crippen molar-refractivity contribution in [3.8, 4) is 11.5 Å². The number of rotatable bonds is 5. The molecule has 1 saturated heterocycles. The lowest BCUT2D eigenvalue weighted by molar-refractivity contribution is 0.0920. The van der Waals surface area contributed by atoms with E-state index in [4.69, 9.17) is 4.74 Å². The summed E-state index contributed by atoms with van der Waals surface area (Å²) in [5.41, 5.74) is -0.242. The maximum Gasteiger partial charge on any atom is 0.259 e. The molecule has 9 heteroatoms. The fraction of sp³-hybridized carbons (Fsp3) is 0.500. The molecule has 0 bridgehead atoms. The lowest BCUT2D eigenvalue weighted by Crippen LogP contribution is -2.43. The summed E-state index contributed by atoms with van der Waals surface area (Å²) in [6, 6.07) is 3.46. The van der Waals surface area contributed by atoms with E-state index in [2.05, 4.69) is 5.32 Å². The second kappa shape index (κ2) is 6.73. The third kappa shape index (κ3) is 3.92. The fourth-order valence-corrected chi connectivity index (χ4v) is 3.51. The minimum absolute atomic E-state index is 0.155. The van der Waals surface area contributed by atoms with Crippen LogP contribution in [0.1, 0.15) is 10.4 Å². The molecule has 1 amide bonds. The Kier molecular flexibility index (Phi) is 5.12. The molecule has 128 valence electrons. The molecule has 2 rings (SSSR count). The summed E-state index contributed by atoms with van der Waals surface area (Å²) < 4.78 is 30.3. The van der Waals surface area contributed by atoms with Crippen LogP contribution in [0.15, 0.2) is 18.2 Å². The van der Waals surface area contributed by atoms with Crippen LogP contribution in [0.25, 0.3) is 0 Å². The lowest BCUT2D eigenvalue weighted by Gasteiger charge is -2.21. The number of benzene rings is 1. The number of hydrogen-bond acceptors (Lipinski definition) is 6. The molecule has 0 radical (unpaired) electrons. The van der Waals surface area contributed by atoms with Gasteiger partial charge in [-0.05, 0) is 12.1 Å². The first-order chi connectivity index (χ1) is 10.7. The number of carbonyl (C=O) groups excluding carboxylic acids is 1. The van der Waals surface area contributed by atoms with Crippen LogP contribution in [-0.4, -0.2) is 67.9 Å². The molecule has 1 fully saturated rings. The van der Waals surface area contributed by atoms with E-state index in [1.807, 2.05) is 0 Å². The zero-order valence-electron chi connectivity index (χ0n) is 12.9. The summed E-state index contributed by atoms with van der Waals surface area (Å²) in [6.45, 7) is 0.387. The van der Waals surface area contributed by atoms with Crippen molar-refractivity contribution >= 4 is 15.9 Å². The molecule has 0 spiro atoms. The molecule has 8 nitrogen and oxygen atoms in total. The Labute approximate surface area is 134 Å². The topological polar surface area (TPSA) is 116 Å². The van der Waals surface area contributed by atoms with Crippen LogP contribution in [0.3, 0.4) is 0 Å². The van der Waals surface area contributed by atoms with Gasteiger partial charge in [-0.2, -0.15) is 0 Å². The standard InChI is InChI=1S/C14H20N2O6S/c1-16(2)23(20,21)8-9-6-22-7-10(9)15-14(19)13-11(17)4-3-5-12(13)18/h3-5,9-10,17-18H,6-8H2,1-2H3,(H,15,19)/t9-,10-/m0/s1. The highest BCUT2D eigenvalue weighted by molar-refractivity contribution is 7.89. The van der Waals surface area contributed by atoms with Crippen molar-refractivity contribution in [1.29, 1.82) is 0 Å². The molecule has 2 atom stereocenters. The van der Waals surface area contributed by atoms with Gasteiger partial charge in [0.1, 0.15) is 17.1 Å². The van der Waals surface area contributed by atoms with E-state index in [-0.39, 0.29) is 36.0 Å². The summed E-state index contributed by atoms with van der Waals surface area (Å²) in [5.74, 6) is -1.93. The Hall–Kier alpha value is -1.84. The number of sulfonamides is 1. The van der Waals surface area contributed by atoms with E-state index in [1.165, 1.54) is 32.3 Å². The average Bonchev–Trinajstić information content (AvgIpc) is 2.84. The van der Waals surface area contributed by atoms with Crippen molar-refractivity contribution in [3.05, 3.63) is 23.8 Å². The minimum atomic E-state index is -3.43. The van der Waals surface area contributed by atoms with Crippen molar-refractivity contribution < 1.29 is 28.2 Å². The van der Waals surface area contributed by atoms with E-state index >= 15 is 0 Å². The number of hydrogen-bond donors (Lipinski definition) is 3. The molecule has 1 aromatic carbocycles. The molecule has 1 heterocycles. The van der Waals surface area contributed by atoms with Gasteiger partial charge in [0.2, 0.25) is 10.0 Å². The normalized spacial score (nSPS) is 21.5. The van der Waals surface area contributed by atoms with Crippen LogP contribution < -0.4 is 5.32 Å². The summed E-state index contributed by atoms with van der Waals surface area (Å²) in [6.07, 6.45) is 0. The number of nitrogens with zero attached hydrogens (tertiary/aromatic N) is 1. The Morgan fingerprint density at radius 2 is 1.91 bits per heavy atom. The molecular formula is C14H20N2O6S. The van der Waals surface area contributed by atoms with E-state index in [9.17, 15) is 23.4 Å².